The van der Waals surface area contributed by atoms with Gasteiger partial charge in [0.2, 0.25) is 0 Å². The van der Waals surface area contributed by atoms with Crippen LogP contribution in [0.4, 0.5) is 4.39 Å². The molecule has 1 aliphatic carbocycles. The van der Waals surface area contributed by atoms with Gasteiger partial charge in [-0.3, -0.25) is 9.78 Å². The van der Waals surface area contributed by atoms with E-state index in [2.05, 4.69) is 4.98 Å². The quantitative estimate of drug-likeness (QED) is 0.623. The maximum Gasteiger partial charge on any atom is 0.195 e. The lowest BCUT2D eigenvalue weighted by atomic mass is 9.78. The Morgan fingerprint density at radius 3 is 2.92 bits per heavy atom. The minimum atomic E-state index is -1.96. The first-order valence-corrected chi connectivity index (χ1v) is 10.1. The molecular formula is C19H18Cl2FNOS. The van der Waals surface area contributed by atoms with Crippen molar-refractivity contribution in [1.82, 2.24) is 4.98 Å². The Balaban J connectivity index is 1.81. The van der Waals surface area contributed by atoms with Crippen molar-refractivity contribution in [3.05, 3.63) is 63.4 Å². The largest absolute Gasteiger partial charge is 0.296 e. The molecule has 1 heterocycles. The van der Waals surface area contributed by atoms with Crippen molar-refractivity contribution in [2.24, 2.45) is 0 Å². The highest BCUT2D eigenvalue weighted by atomic mass is 35.5. The Bertz CT molecular complexity index is 801. The van der Waals surface area contributed by atoms with Gasteiger partial charge in [0.1, 0.15) is 0 Å². The van der Waals surface area contributed by atoms with Gasteiger partial charge in [-0.25, -0.2) is 4.39 Å². The summed E-state index contributed by atoms with van der Waals surface area (Å²) in [4.78, 5) is 17.1. The molecule has 0 saturated carbocycles. The van der Waals surface area contributed by atoms with E-state index >= 15 is 4.39 Å². The number of fused-ring (bicyclic) bond motifs is 1. The number of hydrogen-bond donors (Lipinski definition) is 0. The number of thioether (sulfide) groups is 1. The Morgan fingerprint density at radius 2 is 2.20 bits per heavy atom. The molecule has 0 N–H and O–H groups in total. The summed E-state index contributed by atoms with van der Waals surface area (Å²) in [7, 11) is 0. The van der Waals surface area contributed by atoms with Gasteiger partial charge in [0, 0.05) is 33.5 Å². The summed E-state index contributed by atoms with van der Waals surface area (Å²) in [5.74, 6) is -0.410. The van der Waals surface area contributed by atoms with Crippen molar-refractivity contribution in [2.75, 3.05) is 6.26 Å². The van der Waals surface area contributed by atoms with Crippen molar-refractivity contribution < 1.29 is 9.18 Å². The average molecular weight is 398 g/mol. The van der Waals surface area contributed by atoms with Crippen LogP contribution in [0, 0.1) is 0 Å². The monoisotopic (exact) mass is 397 g/mol. The molecule has 0 saturated heterocycles. The number of pyridine rings is 1. The fourth-order valence-electron chi connectivity index (χ4n) is 3.30. The summed E-state index contributed by atoms with van der Waals surface area (Å²) in [6.07, 6.45) is 4.93. The zero-order valence-electron chi connectivity index (χ0n) is 13.8. The summed E-state index contributed by atoms with van der Waals surface area (Å²) in [6, 6.07) is 8.53. The van der Waals surface area contributed by atoms with E-state index in [1.807, 2.05) is 6.26 Å². The number of carbonyl (C=O) groups is 1. The van der Waals surface area contributed by atoms with E-state index in [9.17, 15) is 4.79 Å². The second-order valence-electron chi connectivity index (χ2n) is 6.16. The van der Waals surface area contributed by atoms with E-state index < -0.39 is 11.5 Å². The second kappa shape index (κ2) is 7.65. The SMILES string of the molecule is CSC1CC[C@@](F)(C(=O)CCc2ccc(Cl)cc2Cl)c2cccnc21. The summed E-state index contributed by atoms with van der Waals surface area (Å²) in [5.41, 5.74) is -0.0454. The van der Waals surface area contributed by atoms with Gasteiger partial charge in [-0.2, -0.15) is 11.8 Å². The minimum Gasteiger partial charge on any atom is -0.296 e. The topological polar surface area (TPSA) is 30.0 Å². The van der Waals surface area contributed by atoms with Crippen molar-refractivity contribution in [3.8, 4) is 0 Å². The van der Waals surface area contributed by atoms with Gasteiger partial charge < -0.3 is 0 Å². The molecule has 0 spiro atoms. The molecular weight excluding hydrogens is 380 g/mol. The van der Waals surface area contributed by atoms with Crippen LogP contribution >= 0.6 is 35.0 Å². The van der Waals surface area contributed by atoms with Gasteiger partial charge in [-0.1, -0.05) is 35.3 Å². The lowest BCUT2D eigenvalue weighted by Gasteiger charge is -2.33. The fourth-order valence-corrected chi connectivity index (χ4v) is 4.57. The molecule has 2 nitrogen and oxygen atoms in total. The predicted octanol–water partition coefficient (Wildman–Crippen LogP) is 5.95. The number of rotatable bonds is 5. The molecule has 0 aliphatic heterocycles. The molecule has 0 amide bonds. The predicted molar refractivity (Wildman–Crippen MR) is 102 cm³/mol. The third-order valence-electron chi connectivity index (χ3n) is 4.68. The van der Waals surface area contributed by atoms with Gasteiger partial charge in [0.05, 0.1) is 5.69 Å². The molecule has 0 radical (unpaired) electrons. The molecule has 2 aromatic rings. The number of nitrogens with zero attached hydrogens (tertiary/aromatic N) is 1. The third kappa shape index (κ3) is 3.71. The van der Waals surface area contributed by atoms with Crippen molar-refractivity contribution in [2.45, 2.75) is 36.6 Å². The third-order valence-corrected chi connectivity index (χ3v) is 6.30. The highest BCUT2D eigenvalue weighted by Gasteiger charge is 2.46. The van der Waals surface area contributed by atoms with Crippen LogP contribution in [0.3, 0.4) is 0 Å². The number of halogens is 3. The molecule has 3 rings (SSSR count). The van der Waals surface area contributed by atoms with Crippen LogP contribution in [0.25, 0.3) is 0 Å². The molecule has 1 unspecified atom stereocenters. The number of ketones is 1. The highest BCUT2D eigenvalue weighted by molar-refractivity contribution is 7.98. The molecule has 2 atom stereocenters. The van der Waals surface area contributed by atoms with Gasteiger partial charge in [0.25, 0.3) is 0 Å². The summed E-state index contributed by atoms with van der Waals surface area (Å²) in [5, 5.41) is 1.18. The van der Waals surface area contributed by atoms with E-state index in [1.54, 1.807) is 48.3 Å². The van der Waals surface area contributed by atoms with Gasteiger partial charge in [0.15, 0.2) is 11.5 Å². The van der Waals surface area contributed by atoms with E-state index in [4.69, 9.17) is 23.2 Å². The molecule has 1 aromatic carbocycles. The van der Waals surface area contributed by atoms with Crippen LogP contribution in [-0.2, 0) is 16.9 Å². The number of carbonyl (C=O) groups excluding carboxylic acids is 1. The number of hydrogen-bond acceptors (Lipinski definition) is 3. The number of benzene rings is 1. The molecule has 6 heteroatoms. The van der Waals surface area contributed by atoms with Crippen molar-refractivity contribution in [3.63, 3.8) is 0 Å². The zero-order valence-corrected chi connectivity index (χ0v) is 16.1. The molecule has 25 heavy (non-hydrogen) atoms. The second-order valence-corrected chi connectivity index (χ2v) is 8.04. The maximum absolute atomic E-state index is 15.7. The smallest absolute Gasteiger partial charge is 0.195 e. The Morgan fingerprint density at radius 1 is 1.40 bits per heavy atom. The zero-order chi connectivity index (χ0) is 18.0. The standard InChI is InChI=1S/C19H18Cl2FNOS/c1-25-16-8-9-19(22,14-3-2-10-23-18(14)16)17(24)7-5-12-4-6-13(20)11-15(12)21/h2-4,6,10-11,16H,5,7-9H2,1H3/t16?,19-/m0/s1. The lowest BCUT2D eigenvalue weighted by molar-refractivity contribution is -0.132. The van der Waals surface area contributed by atoms with Gasteiger partial charge >= 0.3 is 0 Å². The molecule has 1 aromatic heterocycles. The molecule has 0 bridgehead atoms. The van der Waals surface area contributed by atoms with E-state index in [0.29, 0.717) is 34.1 Å². The van der Waals surface area contributed by atoms with Crippen molar-refractivity contribution in [1.29, 1.82) is 0 Å². The summed E-state index contributed by atoms with van der Waals surface area (Å²) >= 11 is 13.7. The van der Waals surface area contributed by atoms with E-state index in [-0.39, 0.29) is 18.1 Å². The van der Waals surface area contributed by atoms with E-state index in [1.165, 1.54) is 0 Å². The van der Waals surface area contributed by atoms with Gasteiger partial charge in [-0.05, 0) is 49.3 Å². The molecule has 0 fully saturated rings. The first-order valence-electron chi connectivity index (χ1n) is 8.10. The highest BCUT2D eigenvalue weighted by Crippen LogP contribution is 2.47. The maximum atomic E-state index is 15.7. The Kier molecular flexibility index (Phi) is 5.71. The lowest BCUT2D eigenvalue weighted by Crippen LogP contribution is -2.36. The van der Waals surface area contributed by atoms with Crippen LogP contribution in [0.1, 0.15) is 41.3 Å². The van der Waals surface area contributed by atoms with Crippen LogP contribution < -0.4 is 0 Å². The first kappa shape index (κ1) is 18.7. The molecule has 132 valence electrons. The van der Waals surface area contributed by atoms with E-state index in [0.717, 1.165) is 5.56 Å². The van der Waals surface area contributed by atoms with Crippen LogP contribution in [-0.4, -0.2) is 17.0 Å². The fraction of sp³-hybridized carbons (Fsp3) is 0.368. The normalized spacial score (nSPS) is 22.5. The van der Waals surface area contributed by atoms with Crippen LogP contribution in [0.5, 0.6) is 0 Å². The van der Waals surface area contributed by atoms with Crippen LogP contribution in [0.2, 0.25) is 10.0 Å². The number of alkyl halides is 1. The summed E-state index contributed by atoms with van der Waals surface area (Å²) in [6.45, 7) is 0. The van der Waals surface area contributed by atoms with Gasteiger partial charge in [-0.15, -0.1) is 0 Å². The first-order chi connectivity index (χ1) is 12.0. The summed E-state index contributed by atoms with van der Waals surface area (Å²) < 4.78 is 15.7. The minimum absolute atomic E-state index is 0.0934. The average Bonchev–Trinajstić information content (AvgIpc) is 2.61. The number of aryl methyl sites for hydroxylation is 1. The Hall–Kier alpha value is -1.10. The Labute approximate surface area is 161 Å². The van der Waals surface area contributed by atoms with Crippen molar-refractivity contribution >= 4 is 40.7 Å². The molecule has 1 aliphatic rings. The van der Waals surface area contributed by atoms with Crippen LogP contribution in [0.15, 0.2) is 36.5 Å². The number of aromatic nitrogens is 1. The number of Topliss-reactive ketones (excluding diaryl/α,β-unsaturated/α-hetero) is 1.